The fraction of sp³-hybridized carbons (Fsp3) is 0.194. The minimum absolute atomic E-state index is 0.0458. The Morgan fingerprint density at radius 2 is 0.744 bits per heavy atom. The molecule has 20 nitrogen and oxygen atoms in total. The molecule has 9 aromatic carbocycles. The van der Waals surface area contributed by atoms with Gasteiger partial charge in [0.1, 0.15) is 49.3 Å². The molecule has 4 fully saturated rings. The van der Waals surface area contributed by atoms with E-state index in [1.54, 1.807) is 104 Å². The van der Waals surface area contributed by atoms with Crippen molar-refractivity contribution in [3.8, 4) is 5.75 Å². The molecule has 0 aliphatic carbocycles. The molecule has 121 heavy (non-hydrogen) atoms. The van der Waals surface area contributed by atoms with Crippen LogP contribution in [-0.4, -0.2) is 160 Å². The zero-order chi connectivity index (χ0) is 84.2. The molecule has 0 spiro atoms. The number of carbonyl (C=O) groups excluding carboxylic acids is 8. The number of fused-ring (bicyclic) bond motifs is 8. The van der Waals surface area contributed by atoms with E-state index in [2.05, 4.69) is 14.3 Å². The molecule has 8 aliphatic rings. The van der Waals surface area contributed by atoms with Crippen molar-refractivity contribution in [1.29, 1.82) is 0 Å². The number of rotatable bonds is 9. The third kappa shape index (κ3) is 14.2. The summed E-state index contributed by atoms with van der Waals surface area (Å²) in [5.41, 5.74) is 7.06. The van der Waals surface area contributed by atoms with Gasteiger partial charge in [-0.15, -0.1) is 0 Å². The summed E-state index contributed by atoms with van der Waals surface area (Å²) in [4.78, 5) is 131. The van der Waals surface area contributed by atoms with Crippen LogP contribution in [0.2, 0.25) is 29.4 Å². The third-order valence-electron chi connectivity index (χ3n) is 23.9. The van der Waals surface area contributed by atoms with Gasteiger partial charge in [-0.2, -0.15) is 4.37 Å². The molecule has 4 unspecified atom stereocenters. The van der Waals surface area contributed by atoms with Crippen LogP contribution in [0.15, 0.2) is 261 Å². The maximum atomic E-state index is 13.6. The van der Waals surface area contributed by atoms with Crippen LogP contribution in [0.5, 0.6) is 5.75 Å². The van der Waals surface area contributed by atoms with Gasteiger partial charge in [0.25, 0.3) is 47.3 Å². The predicted octanol–water partition coefficient (Wildman–Crippen LogP) is 17.5. The highest BCUT2D eigenvalue weighted by Crippen LogP contribution is 2.51. The Morgan fingerprint density at radius 3 is 1.12 bits per heavy atom. The summed E-state index contributed by atoms with van der Waals surface area (Å²) in [6.45, 7) is 3.52. The quantitative estimate of drug-likeness (QED) is 0.132. The van der Waals surface area contributed by atoms with Gasteiger partial charge >= 0.3 is 0 Å². The lowest BCUT2D eigenvalue weighted by atomic mass is 9.80. The van der Waals surface area contributed by atoms with Gasteiger partial charge in [0.2, 0.25) is 0 Å². The first-order chi connectivity index (χ1) is 58.6. The predicted molar refractivity (Wildman–Crippen MR) is 460 cm³/mol. The Hall–Kier alpha value is -11.9. The Kier molecular flexibility index (Phi) is 22.4. The number of hydrogen-bond acceptors (Lipinski definition) is 13. The molecule has 608 valence electrons. The number of methoxy groups -OCH3 is 1. The van der Waals surface area contributed by atoms with E-state index >= 15 is 0 Å². The Morgan fingerprint density at radius 1 is 0.380 bits per heavy atom. The molecule has 12 aromatic rings. The van der Waals surface area contributed by atoms with Crippen LogP contribution in [0, 0.1) is 5.82 Å². The molecular weight excluding hydrogens is 1680 g/mol. The summed E-state index contributed by atoms with van der Waals surface area (Å²) in [6, 6.07) is 72.2. The fourth-order valence-corrected chi connectivity index (χ4v) is 20.0. The van der Waals surface area contributed by atoms with E-state index in [1.807, 2.05) is 180 Å². The second-order valence-electron chi connectivity index (χ2n) is 30.1. The highest BCUT2D eigenvalue weighted by Gasteiger charge is 2.60. The largest absolute Gasteiger partial charge is 0.497 e. The van der Waals surface area contributed by atoms with Crippen LogP contribution in [-0.2, 0) is 48.3 Å². The number of pyridine rings is 2. The molecule has 3 aromatic heterocycles. The summed E-state index contributed by atoms with van der Waals surface area (Å²) < 4.78 is 23.2. The van der Waals surface area contributed by atoms with E-state index in [1.165, 1.54) is 24.3 Å². The number of benzene rings is 9. The summed E-state index contributed by atoms with van der Waals surface area (Å²) >= 11 is 38.0. The molecule has 0 saturated carbocycles. The van der Waals surface area contributed by atoms with E-state index < -0.39 is 28.5 Å². The van der Waals surface area contributed by atoms with Gasteiger partial charge in [-0.1, -0.05) is 191 Å². The molecule has 20 rings (SSSR count). The van der Waals surface area contributed by atoms with Crippen LogP contribution in [0.3, 0.4) is 0 Å². The van der Waals surface area contributed by atoms with Crippen molar-refractivity contribution in [1.82, 2.24) is 53.5 Å². The Balaban J connectivity index is 0.000000115. The first-order valence-electron chi connectivity index (χ1n) is 39.0. The van der Waals surface area contributed by atoms with Gasteiger partial charge in [-0.25, -0.2) is 9.37 Å². The highest BCUT2D eigenvalue weighted by molar-refractivity contribution is 7.11. The van der Waals surface area contributed by atoms with Gasteiger partial charge in [0.05, 0.1) is 17.7 Å². The summed E-state index contributed by atoms with van der Waals surface area (Å²) in [7, 11) is 1.60. The van der Waals surface area contributed by atoms with Crippen LogP contribution < -0.4 is 4.74 Å². The maximum absolute atomic E-state index is 13.6. The van der Waals surface area contributed by atoms with Crippen molar-refractivity contribution in [2.75, 3.05) is 59.5 Å². The lowest BCUT2D eigenvalue weighted by Gasteiger charge is -2.56. The van der Waals surface area contributed by atoms with Crippen molar-refractivity contribution in [3.63, 3.8) is 0 Å². The van der Waals surface area contributed by atoms with E-state index in [9.17, 15) is 42.7 Å². The summed E-state index contributed by atoms with van der Waals surface area (Å²) in [5.74, 6) is -1.05. The van der Waals surface area contributed by atoms with Crippen LogP contribution in [0.1, 0.15) is 134 Å². The minimum Gasteiger partial charge on any atom is -0.497 e. The minimum atomic E-state index is -0.994. The smallest absolute Gasteiger partial charge is 0.277 e. The number of nitrogens with zero attached hydrogens (tertiary/aromatic N) is 11. The standard InChI is InChI=1S/C25H21FN2O3.C24H20ClN3O2.C23H17Cl2N3O2.C21H14Cl3N3O2S/c1-31-21-12-8-19(9-13-21)25-16-18-4-2-3-5-22(18)24(30)28(25)15-14-27(25)23(29)17-6-10-20(26)11-7-17;25-20-10-8-19(9-11-20)24-15-17-5-1-2-7-21(17)23(30)28(24)14-4-13-27(24)22(29)18-6-3-12-26-16-18;24-17-9-7-16(8-10-17)23-14-15-4-1-2-5-18(15)21(29)27(23)12-13-28(23)22(30)20-19(25)6-3-11-26-20;22-14-7-5-13(6-8-14)21-11-12-3-1-2-4-15(12)19(28)26(21)9-10-27(21)20(29)17-16(23)18(24)30-25-17/h2-13H,14-16H2,1H3;1-3,5-12,16H,4,13-15H2;1-11H,12-14H2;1-8H,9-11H2. The zero-order valence-corrected chi connectivity index (χ0v) is 70.0. The number of amides is 8. The fourth-order valence-electron chi connectivity index (χ4n) is 18.4. The molecule has 4 atom stereocenters. The Labute approximate surface area is 729 Å². The normalized spacial score (nSPS) is 20.2. The van der Waals surface area contributed by atoms with E-state index in [4.69, 9.17) is 74.3 Å². The average Bonchev–Trinajstić information content (AvgIpc) is 1.69. The molecule has 0 radical (unpaired) electrons. The first-order valence-corrected chi connectivity index (χ1v) is 42.0. The zero-order valence-electron chi connectivity index (χ0n) is 64.7. The van der Waals surface area contributed by atoms with Gasteiger partial charge in [0, 0.05) is 140 Å². The number of hydrogen-bond donors (Lipinski definition) is 0. The molecule has 4 saturated heterocycles. The van der Waals surface area contributed by atoms with Gasteiger partial charge in [0.15, 0.2) is 5.69 Å². The topological polar surface area (TPSA) is 210 Å². The van der Waals surface area contributed by atoms with Crippen molar-refractivity contribution < 1.29 is 47.5 Å². The molecule has 0 bridgehead atoms. The molecule has 0 N–H and O–H groups in total. The van der Waals surface area contributed by atoms with E-state index in [0.29, 0.717) is 132 Å². The molecular formula is C93H72Cl6FN11O9S. The van der Waals surface area contributed by atoms with Crippen molar-refractivity contribution in [2.24, 2.45) is 0 Å². The summed E-state index contributed by atoms with van der Waals surface area (Å²) in [6.07, 6.45) is 7.43. The molecule has 8 amide bonds. The van der Waals surface area contributed by atoms with Gasteiger partial charge in [-0.3, -0.25) is 43.3 Å². The lowest BCUT2D eigenvalue weighted by molar-refractivity contribution is -0.0622. The van der Waals surface area contributed by atoms with E-state index in [0.717, 1.165) is 62.5 Å². The van der Waals surface area contributed by atoms with Crippen molar-refractivity contribution >= 4 is 128 Å². The highest BCUT2D eigenvalue weighted by atomic mass is 35.5. The van der Waals surface area contributed by atoms with Gasteiger partial charge in [-0.05, 0) is 184 Å². The van der Waals surface area contributed by atoms with Crippen molar-refractivity contribution in [2.45, 2.75) is 54.8 Å². The SMILES string of the molecule is COc1ccc(C23Cc4ccccc4C(=O)N2CCN3C(=O)c2ccc(F)cc2)cc1.O=C(c1cccnc1)N1CCCN2C(=O)c3ccccc3CC12c1ccc(Cl)cc1.O=C1c2ccccc2CC2(c3ccc(Cl)cc3)N1CCN2C(=O)c1ncccc1Cl.O=C1c2ccccc2CC2(c3ccc(Cl)cc3)N1CCN2C(=O)c1nsc(Cl)c1Cl. The monoisotopic (exact) mass is 1750 g/mol. The lowest BCUT2D eigenvalue weighted by Crippen LogP contribution is -2.68. The summed E-state index contributed by atoms with van der Waals surface area (Å²) in [5, 5.41) is 2.21. The number of halogens is 7. The van der Waals surface area contributed by atoms with Crippen molar-refractivity contribution in [3.05, 3.63) is 386 Å². The van der Waals surface area contributed by atoms with Gasteiger partial charge < -0.3 is 43.9 Å². The molecule has 8 aliphatic heterocycles. The van der Waals surface area contributed by atoms with Crippen LogP contribution in [0.25, 0.3) is 0 Å². The van der Waals surface area contributed by atoms with Crippen LogP contribution in [0.4, 0.5) is 4.39 Å². The maximum Gasteiger partial charge on any atom is 0.277 e. The second-order valence-corrected chi connectivity index (χ2v) is 33.5. The number of carbonyl (C=O) groups is 8. The first kappa shape index (κ1) is 81.5. The van der Waals surface area contributed by atoms with E-state index in [-0.39, 0.29) is 73.0 Å². The molecule has 11 heterocycles. The molecule has 28 heteroatoms. The third-order valence-corrected chi connectivity index (χ3v) is 26.6. The second kappa shape index (κ2) is 33.3. The van der Waals surface area contributed by atoms with Crippen LogP contribution >= 0.6 is 81.1 Å². The Bertz CT molecular complexity index is 6100. The number of ether oxygens (including phenoxy) is 1. The average molecular weight is 1750 g/mol. The number of aromatic nitrogens is 3.